The zero-order chi connectivity index (χ0) is 18.3. The highest BCUT2D eigenvalue weighted by atomic mass is 16.6. The van der Waals surface area contributed by atoms with E-state index in [4.69, 9.17) is 14.6 Å². The average molecular weight is 353 g/mol. The normalized spacial score (nSPS) is 20.2. The largest absolute Gasteiger partial charge is 0.490 e. The quantitative estimate of drug-likeness (QED) is 0.904. The first kappa shape index (κ1) is 16.4. The van der Waals surface area contributed by atoms with Gasteiger partial charge in [0.05, 0.1) is 12.5 Å². The van der Waals surface area contributed by atoms with Crippen LogP contribution in [0.4, 0.5) is 5.69 Å². The molecule has 3 aliphatic rings. The first-order valence-electron chi connectivity index (χ1n) is 8.59. The third kappa shape index (κ3) is 2.77. The number of anilines is 1. The highest BCUT2D eigenvalue weighted by molar-refractivity contribution is 6.13. The maximum Gasteiger partial charge on any atom is 0.310 e. The van der Waals surface area contributed by atoms with Gasteiger partial charge in [0.1, 0.15) is 19.0 Å². The minimum Gasteiger partial charge on any atom is -0.490 e. The van der Waals surface area contributed by atoms with Crippen molar-refractivity contribution in [3.8, 4) is 0 Å². The molecule has 0 radical (unpaired) electrons. The second kappa shape index (κ2) is 6.37. The summed E-state index contributed by atoms with van der Waals surface area (Å²) in [6, 6.07) is 7.11. The van der Waals surface area contributed by atoms with Gasteiger partial charge in [0.2, 0.25) is 0 Å². The van der Waals surface area contributed by atoms with Gasteiger partial charge in [-0.2, -0.15) is 0 Å². The Labute approximate surface area is 151 Å². The lowest BCUT2D eigenvalue weighted by Gasteiger charge is -2.19. The lowest BCUT2D eigenvalue weighted by atomic mass is 10.0. The third-order valence-corrected chi connectivity index (χ3v) is 4.93. The molecule has 6 heteroatoms. The van der Waals surface area contributed by atoms with Crippen LogP contribution in [0.2, 0.25) is 0 Å². The number of hydrogen-bond donors (Lipinski definition) is 1. The van der Waals surface area contributed by atoms with Crippen LogP contribution in [0, 0.1) is 0 Å². The molecule has 0 spiro atoms. The molecule has 1 aliphatic carbocycles. The number of carboxylic acids is 1. The maximum absolute atomic E-state index is 12.9. The van der Waals surface area contributed by atoms with Crippen molar-refractivity contribution in [2.45, 2.75) is 19.3 Å². The number of ether oxygens (including phenoxy) is 2. The van der Waals surface area contributed by atoms with Gasteiger partial charge in [-0.25, -0.2) is 0 Å². The van der Waals surface area contributed by atoms with Crippen LogP contribution in [0.25, 0.3) is 0 Å². The zero-order valence-electron chi connectivity index (χ0n) is 14.4. The van der Waals surface area contributed by atoms with Crippen molar-refractivity contribution in [2.75, 3.05) is 24.7 Å². The molecule has 1 N–H and O–H groups in total. The highest BCUT2D eigenvalue weighted by Gasteiger charge is 2.34. The summed E-state index contributed by atoms with van der Waals surface area (Å²) < 4.78 is 11.3. The van der Waals surface area contributed by atoms with Gasteiger partial charge < -0.3 is 19.5 Å². The van der Waals surface area contributed by atoms with Gasteiger partial charge in [0, 0.05) is 17.7 Å². The van der Waals surface area contributed by atoms with Crippen molar-refractivity contribution >= 4 is 17.6 Å². The van der Waals surface area contributed by atoms with Crippen molar-refractivity contribution in [1.82, 2.24) is 0 Å². The van der Waals surface area contributed by atoms with Gasteiger partial charge in [-0.05, 0) is 36.3 Å². The first-order chi connectivity index (χ1) is 12.5. The van der Waals surface area contributed by atoms with Crippen molar-refractivity contribution in [3.05, 3.63) is 64.6 Å². The van der Waals surface area contributed by atoms with E-state index in [0.717, 1.165) is 17.0 Å². The number of hydrogen-bond acceptors (Lipinski definition) is 4. The molecule has 0 saturated carbocycles. The SMILES string of the molecule is CC(C(=O)O)c1ccc(N2CC3=CCC4=C(C=C3C2=O)OCCO4)cc1. The number of fused-ring (bicyclic) bond motifs is 1. The molecule has 1 aromatic carbocycles. The monoisotopic (exact) mass is 353 g/mol. The molecule has 4 rings (SSSR count). The van der Waals surface area contributed by atoms with Crippen LogP contribution in [0.15, 0.2) is 59.1 Å². The summed E-state index contributed by atoms with van der Waals surface area (Å²) in [5, 5.41) is 9.11. The molecular weight excluding hydrogens is 334 g/mol. The van der Waals surface area contributed by atoms with E-state index >= 15 is 0 Å². The van der Waals surface area contributed by atoms with E-state index < -0.39 is 11.9 Å². The van der Waals surface area contributed by atoms with E-state index in [1.165, 1.54) is 0 Å². The fourth-order valence-electron chi connectivity index (χ4n) is 3.33. The molecule has 1 unspecified atom stereocenters. The Hall–Kier alpha value is -3.02. The van der Waals surface area contributed by atoms with E-state index in [9.17, 15) is 9.59 Å². The fourth-order valence-corrected chi connectivity index (χ4v) is 3.33. The Morgan fingerprint density at radius 1 is 1.19 bits per heavy atom. The van der Waals surface area contributed by atoms with E-state index in [1.54, 1.807) is 42.2 Å². The Balaban J connectivity index is 1.61. The molecule has 0 aromatic heterocycles. The van der Waals surface area contributed by atoms with Crippen LogP contribution in [-0.2, 0) is 19.1 Å². The lowest BCUT2D eigenvalue weighted by molar-refractivity contribution is -0.138. The maximum atomic E-state index is 12.9. The Bertz CT molecular complexity index is 863. The van der Waals surface area contributed by atoms with E-state index in [2.05, 4.69) is 0 Å². The van der Waals surface area contributed by atoms with E-state index in [0.29, 0.717) is 43.1 Å². The standard InChI is InChI=1S/C20H19NO5/c1-12(20(23)24)13-2-5-15(6-3-13)21-11-14-4-7-17-18(26-9-8-25-17)10-16(14)19(21)22/h2-6,10,12H,7-9,11H2,1H3,(H,23,24). The molecule has 1 aromatic rings. The molecule has 134 valence electrons. The fraction of sp³-hybridized carbons (Fsp3) is 0.300. The topological polar surface area (TPSA) is 76.1 Å². The predicted octanol–water partition coefficient (Wildman–Crippen LogP) is 2.74. The summed E-state index contributed by atoms with van der Waals surface area (Å²) in [6.07, 6.45) is 4.40. The number of aliphatic carboxylic acids is 1. The van der Waals surface area contributed by atoms with Gasteiger partial charge in [0.25, 0.3) is 5.91 Å². The number of rotatable bonds is 3. The zero-order valence-corrected chi connectivity index (χ0v) is 14.4. The minimum atomic E-state index is -0.869. The molecule has 1 saturated heterocycles. The van der Waals surface area contributed by atoms with Crippen LogP contribution < -0.4 is 4.90 Å². The predicted molar refractivity (Wildman–Crippen MR) is 94.6 cm³/mol. The van der Waals surface area contributed by atoms with E-state index in [1.807, 2.05) is 6.08 Å². The van der Waals surface area contributed by atoms with Gasteiger partial charge in [-0.15, -0.1) is 0 Å². The number of carboxylic acid groups (broad SMARTS) is 1. The summed E-state index contributed by atoms with van der Waals surface area (Å²) in [5.41, 5.74) is 3.05. The van der Waals surface area contributed by atoms with Crippen molar-refractivity contribution in [3.63, 3.8) is 0 Å². The number of carbonyl (C=O) groups is 2. The molecule has 2 heterocycles. The summed E-state index contributed by atoms with van der Waals surface area (Å²) in [6.45, 7) is 3.15. The molecule has 1 amide bonds. The lowest BCUT2D eigenvalue weighted by Crippen LogP contribution is -2.24. The average Bonchev–Trinajstić information content (AvgIpc) is 2.85. The second-order valence-corrected chi connectivity index (χ2v) is 6.52. The third-order valence-electron chi connectivity index (χ3n) is 4.93. The van der Waals surface area contributed by atoms with Crippen LogP contribution in [0.3, 0.4) is 0 Å². The van der Waals surface area contributed by atoms with Crippen LogP contribution >= 0.6 is 0 Å². The van der Waals surface area contributed by atoms with E-state index in [-0.39, 0.29) is 5.91 Å². The summed E-state index contributed by atoms with van der Waals surface area (Å²) in [7, 11) is 0. The Kier molecular flexibility index (Phi) is 4.03. The number of carbonyl (C=O) groups excluding carboxylic acids is 1. The molecule has 1 fully saturated rings. The molecule has 0 bridgehead atoms. The van der Waals surface area contributed by atoms with Gasteiger partial charge in [-0.3, -0.25) is 9.59 Å². The number of nitrogens with zero attached hydrogens (tertiary/aromatic N) is 1. The van der Waals surface area contributed by atoms with Crippen molar-refractivity contribution < 1.29 is 24.2 Å². The molecule has 26 heavy (non-hydrogen) atoms. The number of benzene rings is 1. The summed E-state index contributed by atoms with van der Waals surface area (Å²) in [5.74, 6) is -0.122. The number of amides is 1. The summed E-state index contributed by atoms with van der Waals surface area (Å²) >= 11 is 0. The molecular formula is C20H19NO5. The second-order valence-electron chi connectivity index (χ2n) is 6.52. The van der Waals surface area contributed by atoms with Gasteiger partial charge in [0.15, 0.2) is 5.76 Å². The van der Waals surface area contributed by atoms with Gasteiger partial charge in [-0.1, -0.05) is 18.2 Å². The van der Waals surface area contributed by atoms with Crippen LogP contribution in [0.5, 0.6) is 0 Å². The van der Waals surface area contributed by atoms with Crippen molar-refractivity contribution in [2.24, 2.45) is 0 Å². The number of allylic oxidation sites excluding steroid dienone is 2. The Morgan fingerprint density at radius 3 is 2.65 bits per heavy atom. The minimum absolute atomic E-state index is 0.0850. The van der Waals surface area contributed by atoms with Gasteiger partial charge >= 0.3 is 5.97 Å². The smallest absolute Gasteiger partial charge is 0.310 e. The molecule has 1 atom stereocenters. The van der Waals surface area contributed by atoms with Crippen LogP contribution in [-0.4, -0.2) is 36.7 Å². The summed E-state index contributed by atoms with van der Waals surface area (Å²) in [4.78, 5) is 25.7. The highest BCUT2D eigenvalue weighted by Crippen LogP contribution is 2.34. The first-order valence-corrected chi connectivity index (χ1v) is 8.59. The van der Waals surface area contributed by atoms with Crippen LogP contribution in [0.1, 0.15) is 24.8 Å². The Morgan fingerprint density at radius 2 is 1.92 bits per heavy atom. The van der Waals surface area contributed by atoms with Crippen molar-refractivity contribution in [1.29, 1.82) is 0 Å². The molecule has 6 nitrogen and oxygen atoms in total. The molecule has 2 aliphatic heterocycles.